The van der Waals surface area contributed by atoms with Crippen molar-refractivity contribution in [3.05, 3.63) is 47.7 Å². The van der Waals surface area contributed by atoms with E-state index in [0.717, 1.165) is 13.0 Å². The minimum absolute atomic E-state index is 0.0628. The van der Waals surface area contributed by atoms with Crippen molar-refractivity contribution in [1.29, 1.82) is 0 Å². The molecule has 3 aromatic rings. The maximum atomic E-state index is 11.2. The van der Waals surface area contributed by atoms with E-state index < -0.39 is 0 Å². The highest BCUT2D eigenvalue weighted by atomic mass is 16.1. The second-order valence-electron chi connectivity index (χ2n) is 8.42. The first kappa shape index (κ1) is 17.1. The predicted molar refractivity (Wildman–Crippen MR) is 108 cm³/mol. The standard InChI is InChI=1S/C23H28N2O/c1-14-20(21-19(23(21,3)4)12-13-24-15(2)26)18-11-10-16-8-6-7-9-17(16)22(18)25(14)5/h6-11,19,21H,12-13H2,1-5H3,(H,24,26)/t19-,21+/m1/s1. The number of hydrogen-bond donors (Lipinski definition) is 1. The van der Waals surface area contributed by atoms with Crippen molar-refractivity contribution < 1.29 is 4.79 Å². The van der Waals surface area contributed by atoms with E-state index in [4.69, 9.17) is 0 Å². The molecule has 0 spiro atoms. The Morgan fingerprint density at radius 3 is 2.62 bits per heavy atom. The number of nitrogens with zero attached hydrogens (tertiary/aromatic N) is 1. The zero-order valence-corrected chi connectivity index (χ0v) is 16.4. The number of aryl methyl sites for hydroxylation is 1. The van der Waals surface area contributed by atoms with Crippen molar-refractivity contribution in [3.63, 3.8) is 0 Å². The summed E-state index contributed by atoms with van der Waals surface area (Å²) in [5, 5.41) is 6.98. The van der Waals surface area contributed by atoms with Crippen LogP contribution in [0.25, 0.3) is 21.7 Å². The van der Waals surface area contributed by atoms with Crippen molar-refractivity contribution in [3.8, 4) is 0 Å². The minimum atomic E-state index is 0.0628. The molecule has 1 N–H and O–H groups in total. The van der Waals surface area contributed by atoms with Gasteiger partial charge in [-0.15, -0.1) is 0 Å². The molecule has 0 unspecified atom stereocenters. The maximum absolute atomic E-state index is 11.2. The number of fused-ring (bicyclic) bond motifs is 3. The number of benzene rings is 2. The number of aromatic nitrogens is 1. The van der Waals surface area contributed by atoms with Crippen molar-refractivity contribution in [2.75, 3.05) is 6.54 Å². The lowest BCUT2D eigenvalue weighted by atomic mass is 9.98. The first-order valence-electron chi connectivity index (χ1n) is 9.55. The van der Waals surface area contributed by atoms with Crippen molar-refractivity contribution in [2.45, 2.75) is 40.0 Å². The van der Waals surface area contributed by atoms with Crippen LogP contribution in [0.5, 0.6) is 0 Å². The Kier molecular flexibility index (Phi) is 3.87. The van der Waals surface area contributed by atoms with Gasteiger partial charge in [-0.1, -0.05) is 50.2 Å². The first-order valence-corrected chi connectivity index (χ1v) is 9.55. The highest BCUT2D eigenvalue weighted by molar-refractivity contribution is 6.07. The lowest BCUT2D eigenvalue weighted by Crippen LogP contribution is -2.21. The number of carbonyl (C=O) groups excluding carboxylic acids is 1. The van der Waals surface area contributed by atoms with E-state index in [-0.39, 0.29) is 11.3 Å². The quantitative estimate of drug-likeness (QED) is 0.714. The molecule has 0 saturated heterocycles. The maximum Gasteiger partial charge on any atom is 0.216 e. The zero-order valence-electron chi connectivity index (χ0n) is 16.4. The van der Waals surface area contributed by atoms with Crippen LogP contribution in [-0.4, -0.2) is 17.0 Å². The molecule has 1 aliphatic rings. The van der Waals surface area contributed by atoms with Crippen LogP contribution in [0.4, 0.5) is 0 Å². The van der Waals surface area contributed by atoms with Gasteiger partial charge >= 0.3 is 0 Å². The Balaban J connectivity index is 1.79. The van der Waals surface area contributed by atoms with Gasteiger partial charge in [0.2, 0.25) is 5.91 Å². The Morgan fingerprint density at radius 2 is 1.88 bits per heavy atom. The molecule has 2 atom stereocenters. The van der Waals surface area contributed by atoms with Crippen LogP contribution in [0, 0.1) is 18.3 Å². The van der Waals surface area contributed by atoms with Crippen LogP contribution >= 0.6 is 0 Å². The summed E-state index contributed by atoms with van der Waals surface area (Å²) in [7, 11) is 2.19. The summed E-state index contributed by atoms with van der Waals surface area (Å²) >= 11 is 0. The molecule has 1 heterocycles. The molecule has 1 amide bonds. The van der Waals surface area contributed by atoms with Gasteiger partial charge in [0.15, 0.2) is 0 Å². The molecule has 1 saturated carbocycles. The number of nitrogens with one attached hydrogen (secondary N) is 1. The van der Waals surface area contributed by atoms with Gasteiger partial charge in [0, 0.05) is 37.0 Å². The molecule has 4 rings (SSSR count). The summed E-state index contributed by atoms with van der Waals surface area (Å²) in [6.07, 6.45) is 1.04. The van der Waals surface area contributed by atoms with E-state index in [1.807, 2.05) is 0 Å². The van der Waals surface area contributed by atoms with E-state index in [1.54, 1.807) is 6.92 Å². The second kappa shape index (κ2) is 5.87. The van der Waals surface area contributed by atoms with Gasteiger partial charge in [-0.2, -0.15) is 0 Å². The third kappa shape index (κ3) is 2.45. The Bertz CT molecular complexity index is 1010. The lowest BCUT2D eigenvalue weighted by Gasteiger charge is -2.04. The highest BCUT2D eigenvalue weighted by Gasteiger charge is 2.58. The summed E-state index contributed by atoms with van der Waals surface area (Å²) in [6, 6.07) is 13.2. The topological polar surface area (TPSA) is 34.0 Å². The van der Waals surface area contributed by atoms with Crippen LogP contribution in [0.3, 0.4) is 0 Å². The third-order valence-electron chi connectivity index (χ3n) is 6.61. The third-order valence-corrected chi connectivity index (χ3v) is 6.61. The van der Waals surface area contributed by atoms with Crippen molar-refractivity contribution >= 4 is 27.6 Å². The van der Waals surface area contributed by atoms with E-state index in [0.29, 0.717) is 11.8 Å². The number of carbonyl (C=O) groups is 1. The summed E-state index contributed by atoms with van der Waals surface area (Å²) in [6.45, 7) is 9.36. The molecule has 1 fully saturated rings. The van der Waals surface area contributed by atoms with Crippen LogP contribution < -0.4 is 5.32 Å². The van der Waals surface area contributed by atoms with Gasteiger partial charge in [-0.3, -0.25) is 4.79 Å². The fourth-order valence-corrected chi connectivity index (χ4v) is 5.03. The fraction of sp³-hybridized carbons (Fsp3) is 0.435. The van der Waals surface area contributed by atoms with E-state index >= 15 is 0 Å². The Morgan fingerprint density at radius 1 is 1.15 bits per heavy atom. The second-order valence-corrected chi connectivity index (χ2v) is 8.42. The van der Waals surface area contributed by atoms with Gasteiger partial charge in [-0.05, 0) is 41.5 Å². The van der Waals surface area contributed by atoms with Crippen LogP contribution in [0.15, 0.2) is 36.4 Å². The summed E-state index contributed by atoms with van der Waals surface area (Å²) in [5.74, 6) is 1.24. The zero-order chi connectivity index (χ0) is 18.6. The Labute approximate surface area is 155 Å². The van der Waals surface area contributed by atoms with E-state index in [1.165, 1.54) is 32.9 Å². The fourth-order valence-electron chi connectivity index (χ4n) is 5.03. The van der Waals surface area contributed by atoms with E-state index in [9.17, 15) is 4.79 Å². The largest absolute Gasteiger partial charge is 0.356 e. The van der Waals surface area contributed by atoms with Gasteiger partial charge in [0.25, 0.3) is 0 Å². The van der Waals surface area contributed by atoms with Crippen LogP contribution in [-0.2, 0) is 11.8 Å². The molecule has 1 aliphatic carbocycles. The molecular weight excluding hydrogens is 320 g/mol. The molecular formula is C23H28N2O. The summed E-state index contributed by atoms with van der Waals surface area (Å²) < 4.78 is 2.37. The summed E-state index contributed by atoms with van der Waals surface area (Å²) in [5.41, 5.74) is 4.50. The number of amides is 1. The minimum Gasteiger partial charge on any atom is -0.356 e. The van der Waals surface area contributed by atoms with Crippen molar-refractivity contribution in [1.82, 2.24) is 9.88 Å². The highest BCUT2D eigenvalue weighted by Crippen LogP contribution is 2.67. The predicted octanol–water partition coefficient (Wildman–Crippen LogP) is 4.91. The average molecular weight is 348 g/mol. The molecule has 0 radical (unpaired) electrons. The van der Waals surface area contributed by atoms with Gasteiger partial charge in [-0.25, -0.2) is 0 Å². The molecule has 2 aromatic carbocycles. The molecule has 3 nitrogen and oxygen atoms in total. The smallest absolute Gasteiger partial charge is 0.216 e. The lowest BCUT2D eigenvalue weighted by molar-refractivity contribution is -0.118. The van der Waals surface area contributed by atoms with E-state index in [2.05, 4.69) is 74.1 Å². The summed E-state index contributed by atoms with van der Waals surface area (Å²) in [4.78, 5) is 11.2. The molecule has 0 aliphatic heterocycles. The molecule has 0 bridgehead atoms. The average Bonchev–Trinajstić information content (AvgIpc) is 3.03. The monoisotopic (exact) mass is 348 g/mol. The first-order chi connectivity index (χ1) is 12.3. The number of rotatable bonds is 4. The SMILES string of the molecule is CC(=O)NCC[C@@H]1[C@@H](c2c(C)n(C)c3c2ccc2ccccc23)C1(C)C. The number of hydrogen-bond acceptors (Lipinski definition) is 1. The molecule has 3 heteroatoms. The van der Waals surface area contributed by atoms with Gasteiger partial charge in [0.05, 0.1) is 5.52 Å². The normalized spacial score (nSPS) is 21.3. The molecule has 26 heavy (non-hydrogen) atoms. The molecule has 1 aromatic heterocycles. The van der Waals surface area contributed by atoms with Crippen molar-refractivity contribution in [2.24, 2.45) is 18.4 Å². The Hall–Kier alpha value is -2.29. The van der Waals surface area contributed by atoms with Crippen LogP contribution in [0.1, 0.15) is 44.4 Å². The van der Waals surface area contributed by atoms with Crippen LogP contribution in [0.2, 0.25) is 0 Å². The van der Waals surface area contributed by atoms with Gasteiger partial charge in [0.1, 0.15) is 0 Å². The molecule has 136 valence electrons. The van der Waals surface area contributed by atoms with Gasteiger partial charge < -0.3 is 9.88 Å².